The van der Waals surface area contributed by atoms with Crippen molar-refractivity contribution < 1.29 is 9.59 Å². The van der Waals surface area contributed by atoms with Crippen molar-refractivity contribution in [1.29, 1.82) is 0 Å². The molecule has 0 fully saturated rings. The van der Waals surface area contributed by atoms with E-state index in [0.717, 1.165) is 16.4 Å². The van der Waals surface area contributed by atoms with Crippen LogP contribution in [0.15, 0.2) is 36.5 Å². The monoisotopic (exact) mass is 383 g/mol. The Labute approximate surface area is 161 Å². The highest BCUT2D eigenvalue weighted by molar-refractivity contribution is 7.15. The molecule has 2 N–H and O–H groups in total. The van der Waals surface area contributed by atoms with Gasteiger partial charge in [0, 0.05) is 5.69 Å². The van der Waals surface area contributed by atoms with Crippen molar-refractivity contribution in [2.24, 2.45) is 0 Å². The number of carbonyl (C=O) groups excluding carboxylic acids is 2. The van der Waals surface area contributed by atoms with Crippen LogP contribution in [-0.4, -0.2) is 32.6 Å². The number of para-hydroxylation sites is 1. The molecular weight excluding hydrogens is 362 g/mol. The van der Waals surface area contributed by atoms with E-state index in [9.17, 15) is 9.59 Å². The molecule has 0 aliphatic heterocycles. The van der Waals surface area contributed by atoms with Gasteiger partial charge in [0.25, 0.3) is 5.91 Å². The number of anilines is 1. The first kappa shape index (κ1) is 18.8. The van der Waals surface area contributed by atoms with Gasteiger partial charge < -0.3 is 10.6 Å². The van der Waals surface area contributed by atoms with Crippen LogP contribution in [0.5, 0.6) is 0 Å². The number of nitrogens with one attached hydrogen (secondary N) is 2. The largest absolute Gasteiger partial charge is 0.340 e. The molecule has 1 aromatic carbocycles. The molecule has 27 heavy (non-hydrogen) atoms. The number of thiazole rings is 1. The Bertz CT molecular complexity index is 992. The highest BCUT2D eigenvalue weighted by Crippen LogP contribution is 2.19. The maximum atomic E-state index is 12.8. The van der Waals surface area contributed by atoms with Gasteiger partial charge in [0.15, 0.2) is 0 Å². The molecule has 0 saturated carbocycles. The Hall–Kier alpha value is -3.00. The highest BCUT2D eigenvalue weighted by Gasteiger charge is 2.20. The average Bonchev–Trinajstić information content (AvgIpc) is 3.19. The molecule has 3 aromatic rings. The van der Waals surface area contributed by atoms with Gasteiger partial charge in [0.2, 0.25) is 5.91 Å². The van der Waals surface area contributed by atoms with E-state index < -0.39 is 6.04 Å². The summed E-state index contributed by atoms with van der Waals surface area (Å²) in [6.07, 6.45) is 1.60. The predicted octanol–water partition coefficient (Wildman–Crippen LogP) is 3.01. The van der Waals surface area contributed by atoms with Gasteiger partial charge in [-0.05, 0) is 45.9 Å². The van der Waals surface area contributed by atoms with Crippen LogP contribution in [0.2, 0.25) is 0 Å². The van der Waals surface area contributed by atoms with Crippen LogP contribution < -0.4 is 10.6 Å². The zero-order valence-corrected chi connectivity index (χ0v) is 16.4. The Balaban J connectivity index is 1.76. The Morgan fingerprint density at radius 1 is 1.19 bits per heavy atom. The van der Waals surface area contributed by atoms with E-state index in [1.807, 2.05) is 39.0 Å². The van der Waals surface area contributed by atoms with E-state index in [4.69, 9.17) is 0 Å². The number of aromatic nitrogens is 3. The molecule has 0 aliphatic carbocycles. The van der Waals surface area contributed by atoms with Gasteiger partial charge in [-0.2, -0.15) is 5.10 Å². The molecule has 140 valence electrons. The van der Waals surface area contributed by atoms with Crippen LogP contribution in [-0.2, 0) is 4.79 Å². The number of benzene rings is 1. The van der Waals surface area contributed by atoms with Crippen LogP contribution in [0.25, 0.3) is 5.69 Å². The molecule has 2 heterocycles. The molecule has 2 aromatic heterocycles. The molecule has 3 rings (SSSR count). The summed E-state index contributed by atoms with van der Waals surface area (Å²) in [5.41, 5.74) is 2.93. The van der Waals surface area contributed by atoms with Crippen molar-refractivity contribution >= 4 is 28.2 Å². The van der Waals surface area contributed by atoms with E-state index in [0.29, 0.717) is 16.3 Å². The third-order valence-corrected chi connectivity index (χ3v) is 4.82. The van der Waals surface area contributed by atoms with E-state index >= 15 is 0 Å². The van der Waals surface area contributed by atoms with Crippen molar-refractivity contribution in [2.75, 3.05) is 5.32 Å². The van der Waals surface area contributed by atoms with Crippen LogP contribution in [0.4, 0.5) is 5.00 Å². The van der Waals surface area contributed by atoms with Crippen LogP contribution in [0, 0.1) is 20.8 Å². The number of aryl methyl sites for hydroxylation is 3. The molecular formula is C19H21N5O2S. The molecule has 0 bridgehead atoms. The topological polar surface area (TPSA) is 88.9 Å². The molecule has 1 unspecified atom stereocenters. The summed E-state index contributed by atoms with van der Waals surface area (Å²) in [7, 11) is 0. The quantitative estimate of drug-likeness (QED) is 0.709. The molecule has 7 nitrogen and oxygen atoms in total. The fourth-order valence-corrected chi connectivity index (χ4v) is 3.39. The third kappa shape index (κ3) is 4.22. The number of nitrogens with zero attached hydrogens (tertiary/aromatic N) is 3. The minimum absolute atomic E-state index is 0.296. The molecule has 1 atom stereocenters. The maximum absolute atomic E-state index is 12.8. The van der Waals surface area contributed by atoms with Crippen molar-refractivity contribution in [1.82, 2.24) is 20.1 Å². The Morgan fingerprint density at radius 3 is 2.56 bits per heavy atom. The zero-order valence-electron chi connectivity index (χ0n) is 15.6. The summed E-state index contributed by atoms with van der Waals surface area (Å²) < 4.78 is 1.73. The summed E-state index contributed by atoms with van der Waals surface area (Å²) in [6, 6.07) is 8.44. The fraction of sp³-hybridized carbons (Fsp3) is 0.263. The van der Waals surface area contributed by atoms with Gasteiger partial charge in [0.05, 0.1) is 28.1 Å². The lowest BCUT2D eigenvalue weighted by atomic mass is 10.1. The smallest absolute Gasteiger partial charge is 0.254 e. The first-order valence-corrected chi connectivity index (χ1v) is 9.33. The number of carbonyl (C=O) groups is 2. The fourth-order valence-electron chi connectivity index (χ4n) is 2.71. The first-order valence-electron chi connectivity index (χ1n) is 8.52. The molecule has 0 radical (unpaired) electrons. The van der Waals surface area contributed by atoms with Crippen molar-refractivity contribution in [2.45, 2.75) is 33.7 Å². The second kappa shape index (κ2) is 7.71. The number of amides is 2. The van der Waals surface area contributed by atoms with Crippen molar-refractivity contribution in [3.8, 4) is 5.69 Å². The number of rotatable bonds is 5. The molecule has 0 aliphatic rings. The SMILES string of the molecule is Cc1cc(C)n(-c2ccccc2C(=O)NC(C)C(=O)Nc2cnc(C)s2)n1. The van der Waals surface area contributed by atoms with E-state index in [1.54, 1.807) is 29.9 Å². The predicted molar refractivity (Wildman–Crippen MR) is 105 cm³/mol. The summed E-state index contributed by atoms with van der Waals surface area (Å²) in [4.78, 5) is 29.2. The second-order valence-corrected chi connectivity index (χ2v) is 7.52. The van der Waals surface area contributed by atoms with Crippen LogP contribution in [0.1, 0.15) is 33.7 Å². The van der Waals surface area contributed by atoms with E-state index in [-0.39, 0.29) is 11.8 Å². The van der Waals surface area contributed by atoms with Gasteiger partial charge in [-0.25, -0.2) is 9.67 Å². The zero-order chi connectivity index (χ0) is 19.6. The lowest BCUT2D eigenvalue weighted by Gasteiger charge is -2.15. The number of hydrogen-bond acceptors (Lipinski definition) is 5. The van der Waals surface area contributed by atoms with Gasteiger partial charge in [-0.1, -0.05) is 12.1 Å². The van der Waals surface area contributed by atoms with Crippen LogP contribution >= 0.6 is 11.3 Å². The van der Waals surface area contributed by atoms with Gasteiger partial charge in [0.1, 0.15) is 11.0 Å². The molecule has 8 heteroatoms. The van der Waals surface area contributed by atoms with Crippen LogP contribution in [0.3, 0.4) is 0 Å². The second-order valence-electron chi connectivity index (χ2n) is 6.28. The lowest BCUT2D eigenvalue weighted by molar-refractivity contribution is -0.117. The molecule has 0 spiro atoms. The highest BCUT2D eigenvalue weighted by atomic mass is 32.1. The summed E-state index contributed by atoms with van der Waals surface area (Å²) >= 11 is 1.39. The first-order chi connectivity index (χ1) is 12.8. The lowest BCUT2D eigenvalue weighted by Crippen LogP contribution is -2.41. The normalized spacial score (nSPS) is 11.9. The van der Waals surface area contributed by atoms with Gasteiger partial charge in [-0.15, -0.1) is 11.3 Å². The minimum atomic E-state index is -0.701. The molecule has 0 saturated heterocycles. The maximum Gasteiger partial charge on any atom is 0.254 e. The van der Waals surface area contributed by atoms with E-state index in [2.05, 4.69) is 20.7 Å². The average molecular weight is 383 g/mol. The van der Waals surface area contributed by atoms with E-state index in [1.165, 1.54) is 11.3 Å². The summed E-state index contributed by atoms with van der Waals surface area (Å²) in [5.74, 6) is -0.628. The summed E-state index contributed by atoms with van der Waals surface area (Å²) in [5, 5.41) is 11.5. The standard InChI is InChI=1S/C19H21N5O2S/c1-11-9-12(2)24(23-11)16-8-6-5-7-15(16)19(26)21-13(3)18(25)22-17-10-20-14(4)27-17/h5-10,13H,1-4H3,(H,21,26)(H,22,25). The Kier molecular flexibility index (Phi) is 5.36. The van der Waals surface area contributed by atoms with Crippen molar-refractivity contribution in [3.05, 3.63) is 58.5 Å². The van der Waals surface area contributed by atoms with Crippen molar-refractivity contribution in [3.63, 3.8) is 0 Å². The van der Waals surface area contributed by atoms with Gasteiger partial charge in [-0.3, -0.25) is 9.59 Å². The molecule has 2 amide bonds. The minimum Gasteiger partial charge on any atom is -0.340 e. The van der Waals surface area contributed by atoms with Gasteiger partial charge >= 0.3 is 0 Å². The third-order valence-electron chi connectivity index (χ3n) is 4.00. The number of hydrogen-bond donors (Lipinski definition) is 2. The Morgan fingerprint density at radius 2 is 1.93 bits per heavy atom. The summed E-state index contributed by atoms with van der Waals surface area (Å²) in [6.45, 7) is 7.34.